The molecular weight excluding hydrogens is 268 g/mol. The van der Waals surface area contributed by atoms with Crippen LogP contribution in [-0.2, 0) is 12.0 Å². The smallest absolute Gasteiger partial charge is 0.215 e. The first kappa shape index (κ1) is 13.2. The van der Waals surface area contributed by atoms with Gasteiger partial charge in [0, 0.05) is 11.9 Å². The van der Waals surface area contributed by atoms with Gasteiger partial charge < -0.3 is 4.57 Å². The van der Waals surface area contributed by atoms with Gasteiger partial charge in [-0.25, -0.2) is 0 Å². The maximum atomic E-state index is 5.09. The third-order valence-corrected chi connectivity index (χ3v) is 3.85. The molecule has 3 rings (SSSR count). The van der Waals surface area contributed by atoms with Gasteiger partial charge in [-0.2, -0.15) is 10.1 Å². The first-order valence-electron chi connectivity index (χ1n) is 6.81. The van der Waals surface area contributed by atoms with Gasteiger partial charge in [-0.05, 0) is 42.3 Å². The van der Waals surface area contributed by atoms with Gasteiger partial charge in [0.05, 0.1) is 5.52 Å². The minimum absolute atomic E-state index is 0.115. The number of benzene rings is 1. The molecule has 0 fully saturated rings. The van der Waals surface area contributed by atoms with Crippen LogP contribution in [0.4, 0.5) is 0 Å². The zero-order valence-corrected chi connectivity index (χ0v) is 13.0. The minimum Gasteiger partial charge on any atom is -0.324 e. The van der Waals surface area contributed by atoms with Crippen LogP contribution in [0.1, 0.15) is 33.3 Å². The topological polar surface area (TPSA) is 46.5 Å². The van der Waals surface area contributed by atoms with Crippen LogP contribution in [0.2, 0.25) is 0 Å². The number of hydrogen-bond acceptors (Lipinski definition) is 3. The highest BCUT2D eigenvalue weighted by Gasteiger charge is 2.18. The van der Waals surface area contributed by atoms with Gasteiger partial charge in [0.2, 0.25) is 4.77 Å². The van der Waals surface area contributed by atoms with Gasteiger partial charge in [-0.3, -0.25) is 5.10 Å². The van der Waals surface area contributed by atoms with E-state index in [1.807, 2.05) is 0 Å². The molecule has 0 unspecified atom stereocenters. The third-order valence-electron chi connectivity index (χ3n) is 3.66. The molecule has 0 aliphatic rings. The number of hydrogen-bond donors (Lipinski definition) is 1. The van der Waals surface area contributed by atoms with Crippen LogP contribution in [-0.4, -0.2) is 19.7 Å². The summed E-state index contributed by atoms with van der Waals surface area (Å²) in [6, 6.07) is 6.56. The number of nitrogens with zero attached hydrogens (tertiary/aromatic N) is 3. The van der Waals surface area contributed by atoms with E-state index >= 15 is 0 Å². The van der Waals surface area contributed by atoms with Crippen molar-refractivity contribution in [3.05, 3.63) is 28.5 Å². The Morgan fingerprint density at radius 2 is 2.05 bits per heavy atom. The van der Waals surface area contributed by atoms with Crippen molar-refractivity contribution in [1.29, 1.82) is 0 Å². The summed E-state index contributed by atoms with van der Waals surface area (Å²) in [5, 5.41) is 8.32. The lowest BCUT2D eigenvalue weighted by Crippen LogP contribution is -2.10. The quantitative estimate of drug-likeness (QED) is 0.689. The third kappa shape index (κ3) is 1.93. The normalized spacial score (nSPS) is 12.4. The van der Waals surface area contributed by atoms with E-state index in [2.05, 4.69) is 65.6 Å². The molecule has 3 aromatic rings. The average Bonchev–Trinajstić information content (AvgIpc) is 2.69. The van der Waals surface area contributed by atoms with Crippen LogP contribution in [0, 0.1) is 4.77 Å². The molecule has 104 valence electrons. The number of aromatic nitrogens is 4. The highest BCUT2D eigenvalue weighted by molar-refractivity contribution is 7.71. The predicted molar refractivity (Wildman–Crippen MR) is 84.6 cm³/mol. The van der Waals surface area contributed by atoms with E-state index in [4.69, 9.17) is 12.2 Å². The van der Waals surface area contributed by atoms with E-state index in [1.54, 1.807) is 0 Å². The van der Waals surface area contributed by atoms with Crippen molar-refractivity contribution in [2.45, 2.75) is 39.7 Å². The first-order chi connectivity index (χ1) is 9.41. The standard InChI is InChI=1S/C15H18N4S/c1-5-19-11-7-6-9(15(2,3)4)8-10(11)12-13(19)16-14(20)18-17-12/h6-8H,5H2,1-4H3,(H,16,18,20). The summed E-state index contributed by atoms with van der Waals surface area (Å²) in [6.45, 7) is 9.60. The molecule has 0 spiro atoms. The summed E-state index contributed by atoms with van der Waals surface area (Å²) in [7, 11) is 0. The van der Waals surface area contributed by atoms with Crippen LogP contribution in [0.3, 0.4) is 0 Å². The number of aryl methyl sites for hydroxylation is 1. The Labute approximate surface area is 122 Å². The summed E-state index contributed by atoms with van der Waals surface area (Å²) in [6.07, 6.45) is 0. The number of fused-ring (bicyclic) bond motifs is 3. The summed E-state index contributed by atoms with van der Waals surface area (Å²) < 4.78 is 2.58. The molecule has 0 saturated heterocycles. The Bertz CT molecular complexity index is 852. The predicted octanol–water partition coefficient (Wildman–Crippen LogP) is 3.96. The number of nitrogens with one attached hydrogen (secondary N) is 1. The van der Waals surface area contributed by atoms with Gasteiger partial charge in [0.15, 0.2) is 5.65 Å². The number of rotatable bonds is 1. The fraction of sp³-hybridized carbons (Fsp3) is 0.400. The Kier molecular flexibility index (Phi) is 2.90. The lowest BCUT2D eigenvalue weighted by Gasteiger charge is -2.19. The fourth-order valence-electron chi connectivity index (χ4n) is 2.56. The van der Waals surface area contributed by atoms with E-state index in [-0.39, 0.29) is 5.41 Å². The minimum atomic E-state index is 0.115. The van der Waals surface area contributed by atoms with Crippen molar-refractivity contribution < 1.29 is 0 Å². The van der Waals surface area contributed by atoms with Gasteiger partial charge in [-0.1, -0.05) is 26.8 Å². The van der Waals surface area contributed by atoms with E-state index in [1.165, 1.54) is 5.56 Å². The molecule has 1 aromatic carbocycles. The number of H-pyrrole nitrogens is 1. The van der Waals surface area contributed by atoms with Gasteiger partial charge in [-0.15, -0.1) is 0 Å². The van der Waals surface area contributed by atoms with Gasteiger partial charge in [0.25, 0.3) is 0 Å². The van der Waals surface area contributed by atoms with Crippen LogP contribution in [0.5, 0.6) is 0 Å². The summed E-state index contributed by atoms with van der Waals surface area (Å²) >= 11 is 5.09. The largest absolute Gasteiger partial charge is 0.324 e. The van der Waals surface area contributed by atoms with Crippen molar-refractivity contribution >= 4 is 34.3 Å². The maximum absolute atomic E-state index is 5.09. The van der Waals surface area contributed by atoms with Crippen molar-refractivity contribution in [3.8, 4) is 0 Å². The molecule has 2 aromatic heterocycles. The molecule has 0 saturated carbocycles. The number of aromatic amines is 1. The molecule has 0 aliphatic carbocycles. The van der Waals surface area contributed by atoms with E-state index < -0.39 is 0 Å². The summed E-state index contributed by atoms with van der Waals surface area (Å²) in [5.41, 5.74) is 4.32. The molecule has 2 heterocycles. The molecule has 1 N–H and O–H groups in total. The Hall–Kier alpha value is -1.75. The van der Waals surface area contributed by atoms with Crippen LogP contribution < -0.4 is 0 Å². The fourth-order valence-corrected chi connectivity index (χ4v) is 2.69. The molecule has 0 bridgehead atoms. The molecule has 0 amide bonds. The van der Waals surface area contributed by atoms with Crippen molar-refractivity contribution in [2.24, 2.45) is 0 Å². The second-order valence-electron chi connectivity index (χ2n) is 6.04. The molecular formula is C15H18N4S. The molecule has 20 heavy (non-hydrogen) atoms. The van der Waals surface area contributed by atoms with E-state index in [0.717, 1.165) is 28.6 Å². The highest BCUT2D eigenvalue weighted by atomic mass is 32.1. The Morgan fingerprint density at radius 1 is 1.30 bits per heavy atom. The molecule has 0 aliphatic heterocycles. The molecule has 4 nitrogen and oxygen atoms in total. The van der Waals surface area contributed by atoms with E-state index in [0.29, 0.717) is 4.77 Å². The molecule has 5 heteroatoms. The second-order valence-corrected chi connectivity index (χ2v) is 6.43. The highest BCUT2D eigenvalue weighted by Crippen LogP contribution is 2.31. The second kappa shape index (κ2) is 4.38. The van der Waals surface area contributed by atoms with Gasteiger partial charge in [0.1, 0.15) is 5.52 Å². The molecule has 0 radical (unpaired) electrons. The van der Waals surface area contributed by atoms with Crippen LogP contribution in [0.25, 0.3) is 22.1 Å². The van der Waals surface area contributed by atoms with Crippen molar-refractivity contribution in [2.75, 3.05) is 0 Å². The summed E-state index contributed by atoms with van der Waals surface area (Å²) in [5.74, 6) is 0. The average molecular weight is 286 g/mol. The van der Waals surface area contributed by atoms with Crippen LogP contribution >= 0.6 is 12.2 Å². The van der Waals surface area contributed by atoms with Gasteiger partial charge >= 0.3 is 0 Å². The Balaban J connectivity index is 2.46. The van der Waals surface area contributed by atoms with Crippen molar-refractivity contribution in [1.82, 2.24) is 19.7 Å². The maximum Gasteiger partial charge on any atom is 0.215 e. The van der Waals surface area contributed by atoms with E-state index in [9.17, 15) is 0 Å². The monoisotopic (exact) mass is 286 g/mol. The van der Waals surface area contributed by atoms with Crippen LogP contribution in [0.15, 0.2) is 18.2 Å². The zero-order chi connectivity index (χ0) is 14.5. The lowest BCUT2D eigenvalue weighted by atomic mass is 9.86. The lowest BCUT2D eigenvalue weighted by molar-refractivity contribution is 0.591. The first-order valence-corrected chi connectivity index (χ1v) is 7.22. The Morgan fingerprint density at radius 3 is 2.70 bits per heavy atom. The molecule has 0 atom stereocenters. The zero-order valence-electron chi connectivity index (χ0n) is 12.2. The SMILES string of the molecule is CCn1c2ccc(C(C)(C)C)cc2c2n[nH]c(=S)nc21. The summed E-state index contributed by atoms with van der Waals surface area (Å²) in [4.78, 5) is 4.44. The van der Waals surface area contributed by atoms with Crippen molar-refractivity contribution in [3.63, 3.8) is 0 Å².